The van der Waals surface area contributed by atoms with E-state index in [1.54, 1.807) is 11.3 Å². The van der Waals surface area contributed by atoms with E-state index < -0.39 is 0 Å². The highest BCUT2D eigenvalue weighted by Gasteiger charge is 2.33. The van der Waals surface area contributed by atoms with Crippen LogP contribution in [0.15, 0.2) is 40.2 Å². The molecule has 2 atom stereocenters. The predicted octanol–water partition coefficient (Wildman–Crippen LogP) is 5.13. The number of rotatable bonds is 2. The highest BCUT2D eigenvalue weighted by atomic mass is 79.9. The summed E-state index contributed by atoms with van der Waals surface area (Å²) in [6, 6.07) is 12.8. The fraction of sp³-hybridized carbons (Fsp3) is 0.231. The van der Waals surface area contributed by atoms with E-state index in [1.165, 1.54) is 16.0 Å². The zero-order valence-electron chi connectivity index (χ0n) is 8.49. The fourth-order valence-corrected chi connectivity index (χ4v) is 4.13. The van der Waals surface area contributed by atoms with Gasteiger partial charge in [-0.1, -0.05) is 24.3 Å². The molecule has 0 fully saturated rings. The molecule has 0 aliphatic heterocycles. The fourth-order valence-electron chi connectivity index (χ4n) is 2.23. The molecule has 2 unspecified atom stereocenters. The number of thiophene rings is 1. The van der Waals surface area contributed by atoms with Crippen LogP contribution in [-0.2, 0) is 6.42 Å². The number of benzene rings is 1. The van der Waals surface area contributed by atoms with Crippen molar-refractivity contribution in [1.29, 1.82) is 0 Å². The minimum atomic E-state index is 0.117. The summed E-state index contributed by atoms with van der Waals surface area (Å²) in [6.45, 7) is 0. The molecule has 1 aromatic heterocycles. The van der Waals surface area contributed by atoms with Crippen molar-refractivity contribution in [3.63, 3.8) is 0 Å². The first kappa shape index (κ1) is 10.8. The van der Waals surface area contributed by atoms with E-state index in [2.05, 4.69) is 52.3 Å². The smallest absolute Gasteiger partial charge is 0.0750 e. The first-order valence-electron chi connectivity index (χ1n) is 5.23. The Hall–Kier alpha value is -0.310. The molecule has 0 radical (unpaired) electrons. The van der Waals surface area contributed by atoms with Gasteiger partial charge in [-0.25, -0.2) is 0 Å². The van der Waals surface area contributed by atoms with Gasteiger partial charge in [0.2, 0.25) is 0 Å². The Bertz CT molecular complexity index is 520. The SMILES string of the molecule is ClC(c1ccc(Br)s1)C1Cc2ccccc21. The van der Waals surface area contributed by atoms with Crippen LogP contribution in [0, 0.1) is 0 Å². The minimum Gasteiger partial charge on any atom is -0.132 e. The van der Waals surface area contributed by atoms with Crippen molar-refractivity contribution in [2.75, 3.05) is 0 Å². The molecule has 0 N–H and O–H groups in total. The quantitative estimate of drug-likeness (QED) is 0.674. The van der Waals surface area contributed by atoms with Crippen molar-refractivity contribution >= 4 is 38.9 Å². The summed E-state index contributed by atoms with van der Waals surface area (Å²) in [5.74, 6) is 0.489. The Balaban J connectivity index is 1.87. The summed E-state index contributed by atoms with van der Waals surface area (Å²) in [7, 11) is 0. The summed E-state index contributed by atoms with van der Waals surface area (Å²) in [5, 5.41) is 0.117. The third-order valence-electron chi connectivity index (χ3n) is 3.11. The molecular weight excluding hydrogens is 304 g/mol. The second-order valence-corrected chi connectivity index (χ2v) is 7.02. The number of halogens is 2. The van der Waals surface area contributed by atoms with Crippen molar-refractivity contribution in [3.8, 4) is 0 Å². The van der Waals surface area contributed by atoms with Crippen LogP contribution in [-0.4, -0.2) is 0 Å². The van der Waals surface area contributed by atoms with Crippen LogP contribution < -0.4 is 0 Å². The minimum absolute atomic E-state index is 0.117. The molecule has 3 rings (SSSR count). The van der Waals surface area contributed by atoms with Gasteiger partial charge in [-0.05, 0) is 45.6 Å². The van der Waals surface area contributed by atoms with E-state index in [0.717, 1.165) is 10.2 Å². The van der Waals surface area contributed by atoms with E-state index in [9.17, 15) is 0 Å². The molecule has 1 aromatic carbocycles. The second-order valence-electron chi connectivity index (χ2n) is 4.05. The van der Waals surface area contributed by atoms with Gasteiger partial charge in [-0.3, -0.25) is 0 Å². The molecule has 0 saturated heterocycles. The van der Waals surface area contributed by atoms with Gasteiger partial charge in [0, 0.05) is 10.8 Å². The Morgan fingerprint density at radius 2 is 2.06 bits per heavy atom. The number of hydrogen-bond donors (Lipinski definition) is 0. The number of hydrogen-bond acceptors (Lipinski definition) is 1. The van der Waals surface area contributed by atoms with Gasteiger partial charge in [0.25, 0.3) is 0 Å². The standard InChI is InChI=1S/C13H10BrClS/c14-12-6-5-11(16-12)13(15)10-7-8-3-1-2-4-9(8)10/h1-6,10,13H,7H2. The van der Waals surface area contributed by atoms with Crippen LogP contribution in [0.25, 0.3) is 0 Å². The molecular formula is C13H10BrClS. The van der Waals surface area contributed by atoms with Gasteiger partial charge in [0.1, 0.15) is 0 Å². The van der Waals surface area contributed by atoms with Gasteiger partial charge in [-0.15, -0.1) is 22.9 Å². The molecule has 0 nitrogen and oxygen atoms in total. The van der Waals surface area contributed by atoms with Crippen LogP contribution >= 0.6 is 38.9 Å². The zero-order valence-corrected chi connectivity index (χ0v) is 11.6. The van der Waals surface area contributed by atoms with Gasteiger partial charge < -0.3 is 0 Å². The highest BCUT2D eigenvalue weighted by Crippen LogP contribution is 2.48. The predicted molar refractivity (Wildman–Crippen MR) is 73.5 cm³/mol. The molecule has 16 heavy (non-hydrogen) atoms. The van der Waals surface area contributed by atoms with E-state index in [1.807, 2.05) is 0 Å². The van der Waals surface area contributed by atoms with Gasteiger partial charge >= 0.3 is 0 Å². The zero-order chi connectivity index (χ0) is 11.1. The third kappa shape index (κ3) is 1.73. The second kappa shape index (κ2) is 4.17. The maximum absolute atomic E-state index is 6.54. The Morgan fingerprint density at radius 1 is 1.25 bits per heavy atom. The summed E-state index contributed by atoms with van der Waals surface area (Å²) in [6.07, 6.45) is 1.11. The lowest BCUT2D eigenvalue weighted by Crippen LogP contribution is -2.20. The molecule has 0 bridgehead atoms. The largest absolute Gasteiger partial charge is 0.132 e. The van der Waals surface area contributed by atoms with Crippen LogP contribution in [0.2, 0.25) is 0 Å². The van der Waals surface area contributed by atoms with E-state index in [4.69, 9.17) is 11.6 Å². The lowest BCUT2D eigenvalue weighted by atomic mass is 9.75. The molecule has 0 spiro atoms. The first-order chi connectivity index (χ1) is 7.75. The van der Waals surface area contributed by atoms with Crippen LogP contribution in [0.4, 0.5) is 0 Å². The maximum atomic E-state index is 6.54. The van der Waals surface area contributed by atoms with E-state index >= 15 is 0 Å². The molecule has 3 heteroatoms. The van der Waals surface area contributed by atoms with Crippen molar-refractivity contribution in [2.24, 2.45) is 0 Å². The monoisotopic (exact) mass is 312 g/mol. The Labute approximate surface area is 112 Å². The topological polar surface area (TPSA) is 0 Å². The summed E-state index contributed by atoms with van der Waals surface area (Å²) >= 11 is 11.8. The van der Waals surface area contributed by atoms with Crippen molar-refractivity contribution in [2.45, 2.75) is 17.7 Å². The maximum Gasteiger partial charge on any atom is 0.0750 e. The highest BCUT2D eigenvalue weighted by molar-refractivity contribution is 9.11. The van der Waals surface area contributed by atoms with Crippen molar-refractivity contribution < 1.29 is 0 Å². The molecule has 1 heterocycles. The van der Waals surface area contributed by atoms with Crippen LogP contribution in [0.1, 0.15) is 27.3 Å². The third-order valence-corrected chi connectivity index (χ3v) is 5.49. The lowest BCUT2D eigenvalue weighted by molar-refractivity contribution is 0.592. The number of alkyl halides is 1. The lowest BCUT2D eigenvalue weighted by Gasteiger charge is -2.33. The summed E-state index contributed by atoms with van der Waals surface area (Å²) in [4.78, 5) is 1.26. The normalized spacial score (nSPS) is 20.0. The summed E-state index contributed by atoms with van der Waals surface area (Å²) < 4.78 is 1.15. The molecule has 0 saturated carbocycles. The average Bonchev–Trinajstić information content (AvgIpc) is 2.67. The molecule has 0 amide bonds. The molecule has 2 aromatic rings. The molecule has 1 aliphatic carbocycles. The van der Waals surface area contributed by atoms with E-state index in [0.29, 0.717) is 5.92 Å². The van der Waals surface area contributed by atoms with Gasteiger partial charge in [0.05, 0.1) is 9.16 Å². The molecule has 1 aliphatic rings. The van der Waals surface area contributed by atoms with Crippen LogP contribution in [0.5, 0.6) is 0 Å². The van der Waals surface area contributed by atoms with E-state index in [-0.39, 0.29) is 5.38 Å². The number of fused-ring (bicyclic) bond motifs is 1. The van der Waals surface area contributed by atoms with Gasteiger partial charge in [0.15, 0.2) is 0 Å². The van der Waals surface area contributed by atoms with Crippen molar-refractivity contribution in [3.05, 3.63) is 56.2 Å². The Morgan fingerprint density at radius 3 is 2.75 bits per heavy atom. The van der Waals surface area contributed by atoms with Crippen LogP contribution in [0.3, 0.4) is 0 Å². The van der Waals surface area contributed by atoms with Gasteiger partial charge in [-0.2, -0.15) is 0 Å². The van der Waals surface area contributed by atoms with Crippen molar-refractivity contribution in [1.82, 2.24) is 0 Å². The summed E-state index contributed by atoms with van der Waals surface area (Å²) in [5.41, 5.74) is 2.88. The Kier molecular flexibility index (Phi) is 2.82. The average molecular weight is 314 g/mol. The molecule has 82 valence electrons. The first-order valence-corrected chi connectivity index (χ1v) is 7.27.